The number of rotatable bonds is 3. The average Bonchev–Trinajstić information content (AvgIpc) is 2.37. The van der Waals surface area contributed by atoms with Crippen LogP contribution in [0.2, 0.25) is 0 Å². The number of anilines is 1. The van der Waals surface area contributed by atoms with Crippen molar-refractivity contribution in [3.63, 3.8) is 0 Å². The van der Waals surface area contributed by atoms with Gasteiger partial charge in [0.15, 0.2) is 5.11 Å². The van der Waals surface area contributed by atoms with Crippen LogP contribution >= 0.6 is 12.2 Å². The number of methoxy groups -OCH3 is 1. The molecule has 0 fully saturated rings. The van der Waals surface area contributed by atoms with Gasteiger partial charge >= 0.3 is 6.09 Å². The Balaban J connectivity index is 2.47. The molecule has 18 heavy (non-hydrogen) atoms. The highest BCUT2D eigenvalue weighted by Gasteiger charge is 2.04. The zero-order valence-electron chi connectivity index (χ0n) is 10.1. The first-order valence-corrected chi connectivity index (χ1v) is 5.71. The van der Waals surface area contributed by atoms with Crippen molar-refractivity contribution in [3.8, 4) is 5.75 Å². The lowest BCUT2D eigenvalue weighted by atomic mass is 10.3. The summed E-state index contributed by atoms with van der Waals surface area (Å²) in [5.41, 5.74) is 5.49. The molecular formula is C11H15N3O3S. The first-order valence-electron chi connectivity index (χ1n) is 5.30. The van der Waals surface area contributed by atoms with Crippen molar-refractivity contribution in [2.75, 3.05) is 19.0 Å². The van der Waals surface area contributed by atoms with Crippen LogP contribution < -0.4 is 20.9 Å². The standard InChI is InChI=1S/C11H15N3O3S/c1-3-17-11(15)14-13-10(18)12-8-6-4-5-7-9(8)16-2/h4-7H,3H2,1-2H3,(H,14,15)(H2,12,13,18). The Labute approximate surface area is 111 Å². The van der Waals surface area contributed by atoms with Gasteiger partial charge in [0.1, 0.15) is 5.75 Å². The lowest BCUT2D eigenvalue weighted by Gasteiger charge is -2.13. The molecule has 0 aliphatic rings. The van der Waals surface area contributed by atoms with Gasteiger partial charge in [-0.3, -0.25) is 5.43 Å². The maximum atomic E-state index is 11.0. The van der Waals surface area contributed by atoms with Gasteiger partial charge in [-0.15, -0.1) is 0 Å². The van der Waals surface area contributed by atoms with Crippen molar-refractivity contribution in [1.82, 2.24) is 10.9 Å². The van der Waals surface area contributed by atoms with Gasteiger partial charge in [-0.25, -0.2) is 10.2 Å². The Kier molecular flexibility index (Phi) is 5.72. The third kappa shape index (κ3) is 4.46. The molecule has 0 unspecified atom stereocenters. The minimum Gasteiger partial charge on any atom is -0.495 e. The Hall–Kier alpha value is -2.02. The van der Waals surface area contributed by atoms with Gasteiger partial charge < -0.3 is 14.8 Å². The fourth-order valence-corrected chi connectivity index (χ4v) is 1.34. The molecule has 98 valence electrons. The van der Waals surface area contributed by atoms with Crippen molar-refractivity contribution >= 4 is 29.1 Å². The monoisotopic (exact) mass is 269 g/mol. The van der Waals surface area contributed by atoms with Crippen molar-refractivity contribution in [2.24, 2.45) is 0 Å². The zero-order chi connectivity index (χ0) is 13.4. The van der Waals surface area contributed by atoms with E-state index in [-0.39, 0.29) is 5.11 Å². The molecule has 0 aromatic heterocycles. The lowest BCUT2D eigenvalue weighted by molar-refractivity contribution is 0.150. The second-order valence-electron chi connectivity index (χ2n) is 3.12. The number of para-hydroxylation sites is 2. The van der Waals surface area contributed by atoms with Gasteiger partial charge in [0.2, 0.25) is 0 Å². The van der Waals surface area contributed by atoms with Crippen LogP contribution in [0.5, 0.6) is 5.75 Å². The summed E-state index contributed by atoms with van der Waals surface area (Å²) in [5.74, 6) is 0.651. The summed E-state index contributed by atoms with van der Waals surface area (Å²) in [7, 11) is 1.56. The van der Waals surface area contributed by atoms with Crippen LogP contribution in [0.3, 0.4) is 0 Å². The SMILES string of the molecule is CCOC(=O)NNC(=S)Nc1ccccc1OC. The second kappa shape index (κ2) is 7.33. The van der Waals surface area contributed by atoms with E-state index in [1.165, 1.54) is 0 Å². The van der Waals surface area contributed by atoms with Crippen LogP contribution in [-0.4, -0.2) is 24.9 Å². The summed E-state index contributed by atoms with van der Waals surface area (Å²) in [4.78, 5) is 11.0. The molecule has 0 aliphatic heterocycles. The first-order chi connectivity index (χ1) is 8.67. The van der Waals surface area contributed by atoms with E-state index in [0.717, 1.165) is 0 Å². The van der Waals surface area contributed by atoms with Gasteiger partial charge in [0.05, 0.1) is 19.4 Å². The molecule has 0 aliphatic carbocycles. The van der Waals surface area contributed by atoms with Gasteiger partial charge in [-0.05, 0) is 31.3 Å². The molecule has 0 heterocycles. The quantitative estimate of drug-likeness (QED) is 0.572. The predicted molar refractivity (Wildman–Crippen MR) is 72.5 cm³/mol. The maximum Gasteiger partial charge on any atom is 0.425 e. The maximum absolute atomic E-state index is 11.0. The normalized spacial score (nSPS) is 9.22. The Morgan fingerprint density at radius 1 is 1.33 bits per heavy atom. The fourth-order valence-electron chi connectivity index (χ4n) is 1.18. The highest BCUT2D eigenvalue weighted by Crippen LogP contribution is 2.22. The molecule has 0 radical (unpaired) electrons. The molecule has 0 atom stereocenters. The summed E-state index contributed by atoms with van der Waals surface area (Å²) < 4.78 is 9.81. The third-order valence-electron chi connectivity index (χ3n) is 1.91. The number of carbonyl (C=O) groups is 1. The number of thiocarbonyl (C=S) groups is 1. The second-order valence-corrected chi connectivity index (χ2v) is 3.53. The van der Waals surface area contributed by atoms with Gasteiger partial charge in [-0.1, -0.05) is 12.1 Å². The summed E-state index contributed by atoms with van der Waals surface area (Å²) in [5, 5.41) is 3.11. The number of carbonyl (C=O) groups excluding carboxylic acids is 1. The van der Waals surface area contributed by atoms with Crippen LogP contribution in [0.25, 0.3) is 0 Å². The lowest BCUT2D eigenvalue weighted by Crippen LogP contribution is -2.44. The van der Waals surface area contributed by atoms with Crippen LogP contribution in [0.4, 0.5) is 10.5 Å². The van der Waals surface area contributed by atoms with E-state index >= 15 is 0 Å². The van der Waals surface area contributed by atoms with Crippen LogP contribution in [-0.2, 0) is 4.74 Å². The average molecular weight is 269 g/mol. The molecule has 0 saturated carbocycles. The number of hydrogen-bond acceptors (Lipinski definition) is 4. The van der Waals surface area contributed by atoms with E-state index in [1.807, 2.05) is 12.1 Å². The molecule has 0 bridgehead atoms. The topological polar surface area (TPSA) is 71.6 Å². The minimum atomic E-state index is -0.596. The van der Waals surface area contributed by atoms with Crippen molar-refractivity contribution in [1.29, 1.82) is 0 Å². The molecule has 1 amide bonds. The minimum absolute atomic E-state index is 0.229. The fraction of sp³-hybridized carbons (Fsp3) is 0.273. The number of hydrazine groups is 1. The predicted octanol–water partition coefficient (Wildman–Crippen LogP) is 1.64. The van der Waals surface area contributed by atoms with Crippen molar-refractivity contribution in [3.05, 3.63) is 24.3 Å². The van der Waals surface area contributed by atoms with E-state index in [1.54, 1.807) is 26.2 Å². The molecule has 0 saturated heterocycles. The van der Waals surface area contributed by atoms with Crippen LogP contribution in [0.1, 0.15) is 6.92 Å². The zero-order valence-corrected chi connectivity index (χ0v) is 11.0. The molecule has 1 aromatic carbocycles. The number of ether oxygens (including phenoxy) is 2. The van der Waals surface area contributed by atoms with E-state index < -0.39 is 6.09 Å². The number of nitrogens with one attached hydrogen (secondary N) is 3. The summed E-state index contributed by atoms with van der Waals surface area (Å²) in [6.45, 7) is 2.01. The van der Waals surface area contributed by atoms with Crippen LogP contribution in [0, 0.1) is 0 Å². The molecular weight excluding hydrogens is 254 g/mol. The van der Waals surface area contributed by atoms with Crippen LogP contribution in [0.15, 0.2) is 24.3 Å². The highest BCUT2D eigenvalue weighted by atomic mass is 32.1. The Morgan fingerprint density at radius 2 is 2.06 bits per heavy atom. The molecule has 1 rings (SSSR count). The molecule has 3 N–H and O–H groups in total. The molecule has 7 heteroatoms. The smallest absolute Gasteiger partial charge is 0.425 e. The van der Waals surface area contributed by atoms with Gasteiger partial charge in [-0.2, -0.15) is 0 Å². The van der Waals surface area contributed by atoms with E-state index in [9.17, 15) is 4.79 Å². The Bertz CT molecular complexity index is 426. The van der Waals surface area contributed by atoms with E-state index in [2.05, 4.69) is 20.9 Å². The van der Waals surface area contributed by atoms with E-state index in [4.69, 9.17) is 17.0 Å². The first kappa shape index (κ1) is 14.0. The molecule has 0 spiro atoms. The van der Waals surface area contributed by atoms with Gasteiger partial charge in [0.25, 0.3) is 0 Å². The number of benzene rings is 1. The molecule has 6 nitrogen and oxygen atoms in total. The number of amides is 1. The Morgan fingerprint density at radius 3 is 2.72 bits per heavy atom. The molecule has 1 aromatic rings. The third-order valence-corrected chi connectivity index (χ3v) is 2.11. The number of hydrogen-bond donors (Lipinski definition) is 3. The van der Waals surface area contributed by atoms with E-state index in [0.29, 0.717) is 18.0 Å². The summed E-state index contributed by atoms with van der Waals surface area (Å²) >= 11 is 5.00. The van der Waals surface area contributed by atoms with Crippen molar-refractivity contribution < 1.29 is 14.3 Å². The largest absolute Gasteiger partial charge is 0.495 e. The summed E-state index contributed by atoms with van der Waals surface area (Å²) in [6, 6.07) is 7.28. The summed E-state index contributed by atoms with van der Waals surface area (Å²) in [6.07, 6.45) is -0.596. The highest BCUT2D eigenvalue weighted by molar-refractivity contribution is 7.80. The van der Waals surface area contributed by atoms with Crippen molar-refractivity contribution in [2.45, 2.75) is 6.92 Å². The van der Waals surface area contributed by atoms with Gasteiger partial charge in [0, 0.05) is 0 Å².